The van der Waals surface area contributed by atoms with Crippen LogP contribution < -0.4 is 11.1 Å². The number of carbonyl (C=O) groups is 3. The normalized spacial score (nSPS) is 20.3. The van der Waals surface area contributed by atoms with Gasteiger partial charge in [0.05, 0.1) is 24.5 Å². The number of hydrogen-bond acceptors (Lipinski definition) is 7. The van der Waals surface area contributed by atoms with Crippen LogP contribution in [-0.2, 0) is 32.1 Å². The summed E-state index contributed by atoms with van der Waals surface area (Å²) in [6, 6.07) is 14.2. The molecule has 0 bridgehead atoms. The monoisotopic (exact) mass is 506 g/mol. The highest BCUT2D eigenvalue weighted by atomic mass is 16.5. The Morgan fingerprint density at radius 2 is 1.92 bits per heavy atom. The van der Waals surface area contributed by atoms with Crippen LogP contribution in [0.5, 0.6) is 0 Å². The van der Waals surface area contributed by atoms with E-state index in [0.29, 0.717) is 19.4 Å². The number of nitrogens with two attached hydrogens (primary N) is 1. The van der Waals surface area contributed by atoms with Crippen molar-refractivity contribution in [3.05, 3.63) is 66.0 Å². The van der Waals surface area contributed by atoms with Crippen molar-refractivity contribution >= 4 is 23.4 Å². The van der Waals surface area contributed by atoms with Crippen LogP contribution >= 0.6 is 0 Å². The van der Waals surface area contributed by atoms with Gasteiger partial charge in [-0.15, -0.1) is 0 Å². The molecule has 0 saturated carbocycles. The van der Waals surface area contributed by atoms with E-state index in [0.717, 1.165) is 17.0 Å². The second-order valence-corrected chi connectivity index (χ2v) is 10.2. The summed E-state index contributed by atoms with van der Waals surface area (Å²) in [5, 5.41) is 8.60. The predicted octanol–water partition coefficient (Wildman–Crippen LogP) is 1.11. The van der Waals surface area contributed by atoms with Crippen molar-refractivity contribution in [3.8, 4) is 0 Å². The Bertz CT molecular complexity index is 1160. The first kappa shape index (κ1) is 26.4. The lowest BCUT2D eigenvalue weighted by molar-refractivity contribution is -0.143. The number of nitrogens with one attached hydrogen (secondary N) is 1. The highest BCUT2D eigenvalue weighted by molar-refractivity contribution is 6.13. The molecule has 0 spiro atoms. The number of fused-ring (bicyclic) bond motifs is 1. The van der Waals surface area contributed by atoms with Gasteiger partial charge in [0.1, 0.15) is 11.5 Å². The summed E-state index contributed by atoms with van der Waals surface area (Å²) >= 11 is 0. The number of pyridine rings is 1. The maximum Gasteiger partial charge on any atom is 0.256 e. The van der Waals surface area contributed by atoms with E-state index in [9.17, 15) is 14.4 Å². The minimum Gasteiger partial charge on any atom is -0.374 e. The number of aromatic nitrogens is 1. The number of carbonyl (C=O) groups excluding carboxylic acids is 3. The zero-order chi connectivity index (χ0) is 26.6. The van der Waals surface area contributed by atoms with E-state index in [4.69, 9.17) is 10.5 Å². The van der Waals surface area contributed by atoms with Gasteiger partial charge in [-0.25, -0.2) is 5.01 Å². The highest BCUT2D eigenvalue weighted by Crippen LogP contribution is 2.38. The second kappa shape index (κ2) is 10.8. The molecule has 3 heterocycles. The lowest BCUT2D eigenvalue weighted by atomic mass is 9.74. The minimum atomic E-state index is -1.18. The molecular weight excluding hydrogens is 472 g/mol. The van der Waals surface area contributed by atoms with Crippen LogP contribution in [0.3, 0.4) is 0 Å². The molecular formula is C27H34N6O4. The quantitative estimate of drug-likeness (QED) is 0.524. The number of likely N-dealkylation sites (tertiary alicyclic amines) is 1. The Hall–Kier alpha value is -3.63. The van der Waals surface area contributed by atoms with Gasteiger partial charge in [0.15, 0.2) is 0 Å². The summed E-state index contributed by atoms with van der Waals surface area (Å²) in [5.41, 5.74) is 6.26. The van der Waals surface area contributed by atoms with Gasteiger partial charge < -0.3 is 20.7 Å². The summed E-state index contributed by atoms with van der Waals surface area (Å²) in [7, 11) is 1.63. The van der Waals surface area contributed by atoms with Crippen molar-refractivity contribution in [2.24, 2.45) is 16.3 Å². The molecule has 2 atom stereocenters. The molecule has 2 aromatic rings. The smallest absolute Gasteiger partial charge is 0.256 e. The molecule has 4 rings (SSSR count). The maximum atomic E-state index is 13.8. The van der Waals surface area contributed by atoms with Crippen LogP contribution in [0.1, 0.15) is 31.5 Å². The maximum absolute atomic E-state index is 13.8. The number of hydrogen-bond donors (Lipinski definition) is 2. The Balaban J connectivity index is 1.54. The van der Waals surface area contributed by atoms with Crippen LogP contribution in [-0.4, -0.2) is 76.7 Å². The Kier molecular flexibility index (Phi) is 7.70. The number of rotatable bonds is 9. The van der Waals surface area contributed by atoms with Gasteiger partial charge in [0.25, 0.3) is 5.91 Å². The standard InChI is InChI=1S/C27H34N6O4/c1-26(2,28)24(35)30-21(17-37-16-19-9-5-4-6-10-19)23(34)33-14-12-22-27(18-33,25(36)32(3)31-22)15-20-11-7-8-13-29-20/h4-11,13,21H,12,14-18,28H2,1-3H3,(H,30,35)/t21?,27-/m0/s1. The molecule has 3 amide bonds. The summed E-state index contributed by atoms with van der Waals surface area (Å²) in [5.74, 6) is -0.963. The van der Waals surface area contributed by atoms with E-state index < -0.39 is 22.9 Å². The van der Waals surface area contributed by atoms with Gasteiger partial charge >= 0.3 is 0 Å². The Morgan fingerprint density at radius 1 is 1.19 bits per heavy atom. The summed E-state index contributed by atoms with van der Waals surface area (Å²) in [4.78, 5) is 45.9. The van der Waals surface area contributed by atoms with Crippen molar-refractivity contribution in [1.82, 2.24) is 20.2 Å². The molecule has 0 radical (unpaired) electrons. The third kappa shape index (κ3) is 5.86. The van der Waals surface area contributed by atoms with E-state index in [1.165, 1.54) is 5.01 Å². The van der Waals surface area contributed by atoms with E-state index in [1.54, 1.807) is 32.0 Å². The molecule has 196 valence electrons. The van der Waals surface area contributed by atoms with Crippen molar-refractivity contribution in [1.29, 1.82) is 0 Å². The molecule has 1 saturated heterocycles. The van der Waals surface area contributed by atoms with E-state index in [-0.39, 0.29) is 31.6 Å². The van der Waals surface area contributed by atoms with Gasteiger partial charge in [0, 0.05) is 44.9 Å². The van der Waals surface area contributed by atoms with Crippen LogP contribution in [0.4, 0.5) is 0 Å². The zero-order valence-corrected chi connectivity index (χ0v) is 21.5. The van der Waals surface area contributed by atoms with E-state index in [1.807, 2.05) is 48.5 Å². The molecule has 10 nitrogen and oxygen atoms in total. The highest BCUT2D eigenvalue weighted by Gasteiger charge is 2.54. The lowest BCUT2D eigenvalue weighted by Gasteiger charge is -2.40. The minimum absolute atomic E-state index is 0.0336. The largest absolute Gasteiger partial charge is 0.374 e. The molecule has 2 aliphatic rings. The molecule has 10 heteroatoms. The number of piperidine rings is 1. The average Bonchev–Trinajstić information content (AvgIpc) is 3.12. The fourth-order valence-electron chi connectivity index (χ4n) is 4.69. The molecule has 1 unspecified atom stereocenters. The fourth-order valence-corrected chi connectivity index (χ4v) is 4.69. The summed E-state index contributed by atoms with van der Waals surface area (Å²) in [6.45, 7) is 3.92. The molecule has 0 aliphatic carbocycles. The lowest BCUT2D eigenvalue weighted by Crippen LogP contribution is -2.61. The number of hydrazone groups is 1. The van der Waals surface area contributed by atoms with Gasteiger partial charge in [-0.3, -0.25) is 19.4 Å². The average molecular weight is 507 g/mol. The SMILES string of the molecule is CN1N=C2CCN(C(=O)C(COCc3ccccc3)NC(=O)C(C)(C)N)C[C@]2(Cc2ccccn2)C1=O. The molecule has 1 aromatic heterocycles. The number of ether oxygens (including phenoxy) is 1. The van der Waals surface area contributed by atoms with Gasteiger partial charge in [-0.2, -0.15) is 5.10 Å². The molecule has 37 heavy (non-hydrogen) atoms. The fraction of sp³-hybridized carbons (Fsp3) is 0.444. The number of nitrogens with zero attached hydrogens (tertiary/aromatic N) is 4. The van der Waals surface area contributed by atoms with Crippen LogP contribution in [0.15, 0.2) is 59.8 Å². The third-order valence-corrected chi connectivity index (χ3v) is 6.71. The van der Waals surface area contributed by atoms with Crippen LogP contribution in [0.2, 0.25) is 0 Å². The van der Waals surface area contributed by atoms with Gasteiger partial charge in [-0.1, -0.05) is 36.4 Å². The zero-order valence-electron chi connectivity index (χ0n) is 21.5. The Morgan fingerprint density at radius 3 is 2.59 bits per heavy atom. The van der Waals surface area contributed by atoms with Gasteiger partial charge in [0.2, 0.25) is 11.8 Å². The van der Waals surface area contributed by atoms with Crippen LogP contribution in [0.25, 0.3) is 0 Å². The molecule has 3 N–H and O–H groups in total. The molecule has 1 aromatic carbocycles. The summed E-state index contributed by atoms with van der Waals surface area (Å²) < 4.78 is 5.84. The second-order valence-electron chi connectivity index (χ2n) is 10.2. The first-order valence-electron chi connectivity index (χ1n) is 12.4. The first-order valence-corrected chi connectivity index (χ1v) is 12.4. The van der Waals surface area contributed by atoms with E-state index >= 15 is 0 Å². The summed E-state index contributed by atoms with van der Waals surface area (Å²) in [6.07, 6.45) is 2.46. The van der Waals surface area contributed by atoms with Crippen molar-refractivity contribution in [2.45, 2.75) is 44.9 Å². The van der Waals surface area contributed by atoms with Crippen LogP contribution in [0, 0.1) is 5.41 Å². The predicted molar refractivity (Wildman–Crippen MR) is 138 cm³/mol. The van der Waals surface area contributed by atoms with Gasteiger partial charge in [-0.05, 0) is 31.5 Å². The van der Waals surface area contributed by atoms with Crippen molar-refractivity contribution in [2.75, 3.05) is 26.7 Å². The van der Waals surface area contributed by atoms with Crippen molar-refractivity contribution in [3.63, 3.8) is 0 Å². The Labute approximate surface area is 216 Å². The first-order chi connectivity index (χ1) is 17.6. The van der Waals surface area contributed by atoms with Crippen molar-refractivity contribution < 1.29 is 19.1 Å². The third-order valence-electron chi connectivity index (χ3n) is 6.71. The number of benzene rings is 1. The number of amides is 3. The molecule has 1 fully saturated rings. The van der Waals surface area contributed by atoms with E-state index in [2.05, 4.69) is 15.4 Å². The molecule has 2 aliphatic heterocycles. The topological polar surface area (TPSA) is 130 Å².